The molecule has 0 atom stereocenters. The summed E-state index contributed by atoms with van der Waals surface area (Å²) in [5.74, 6) is -1.02. The second-order valence-electron chi connectivity index (χ2n) is 4.68. The van der Waals surface area contributed by atoms with E-state index in [1.807, 2.05) is 0 Å². The highest BCUT2D eigenvalue weighted by Crippen LogP contribution is 2.26. The highest BCUT2D eigenvalue weighted by molar-refractivity contribution is 6.35. The predicted octanol–water partition coefficient (Wildman–Crippen LogP) is 3.75. The van der Waals surface area contributed by atoms with Gasteiger partial charge in [0.2, 0.25) is 0 Å². The number of H-pyrrole nitrogens is 1. The Morgan fingerprint density at radius 2 is 1.67 bits per heavy atom. The minimum atomic E-state index is -0.815. The molecule has 21 heavy (non-hydrogen) atoms. The van der Waals surface area contributed by atoms with Gasteiger partial charge in [-0.3, -0.25) is 9.78 Å². The molecule has 2 rings (SSSR count). The van der Waals surface area contributed by atoms with E-state index >= 15 is 0 Å². The number of benzene rings is 1. The van der Waals surface area contributed by atoms with Crippen molar-refractivity contribution in [3.63, 3.8) is 0 Å². The van der Waals surface area contributed by atoms with Gasteiger partial charge in [-0.25, -0.2) is 13.8 Å². The second-order valence-corrected chi connectivity index (χ2v) is 5.87. The van der Waals surface area contributed by atoms with Crippen LogP contribution in [0.1, 0.15) is 25.3 Å². The molecule has 0 aliphatic carbocycles. The topological polar surface area (TPSA) is 54.9 Å². The van der Waals surface area contributed by atoms with Gasteiger partial charge in [-0.15, -0.1) is 0 Å². The first-order valence-corrected chi connectivity index (χ1v) is 7.07. The fourth-order valence-corrected chi connectivity index (χ4v) is 2.79. The molecular formula is C13H10Cl3FN2O2. The predicted molar refractivity (Wildman–Crippen MR) is 81.7 cm³/mol. The van der Waals surface area contributed by atoms with E-state index in [4.69, 9.17) is 34.8 Å². The Morgan fingerprint density at radius 1 is 1.14 bits per heavy atom. The van der Waals surface area contributed by atoms with Crippen LogP contribution >= 0.6 is 34.8 Å². The van der Waals surface area contributed by atoms with Crippen LogP contribution in [-0.2, 0) is 0 Å². The fraction of sp³-hybridized carbons (Fsp3) is 0.231. The summed E-state index contributed by atoms with van der Waals surface area (Å²) in [4.78, 5) is 26.8. The molecule has 1 N–H and O–H groups in total. The van der Waals surface area contributed by atoms with Gasteiger partial charge >= 0.3 is 5.69 Å². The smallest absolute Gasteiger partial charge is 0.297 e. The van der Waals surface area contributed by atoms with Crippen LogP contribution in [-0.4, -0.2) is 9.55 Å². The van der Waals surface area contributed by atoms with Crippen LogP contribution in [0.3, 0.4) is 0 Å². The van der Waals surface area contributed by atoms with Gasteiger partial charge in [0.25, 0.3) is 5.56 Å². The quantitative estimate of drug-likeness (QED) is 0.662. The van der Waals surface area contributed by atoms with Crippen LogP contribution in [0.25, 0.3) is 5.69 Å². The molecule has 0 saturated carbocycles. The Hall–Kier alpha value is -1.30. The van der Waals surface area contributed by atoms with Crippen molar-refractivity contribution in [2.75, 3.05) is 0 Å². The van der Waals surface area contributed by atoms with E-state index in [2.05, 4.69) is 4.98 Å². The number of hydrogen-bond acceptors (Lipinski definition) is 2. The zero-order valence-corrected chi connectivity index (χ0v) is 13.3. The summed E-state index contributed by atoms with van der Waals surface area (Å²) in [6.07, 6.45) is 0. The summed E-state index contributed by atoms with van der Waals surface area (Å²) in [5, 5.41) is -0.592. The van der Waals surface area contributed by atoms with Crippen molar-refractivity contribution in [1.29, 1.82) is 0 Å². The Kier molecular flexibility index (Phi) is 4.46. The van der Waals surface area contributed by atoms with Crippen LogP contribution in [0.2, 0.25) is 15.2 Å². The maximum atomic E-state index is 13.4. The summed E-state index contributed by atoms with van der Waals surface area (Å²) < 4.78 is 14.3. The van der Waals surface area contributed by atoms with Crippen LogP contribution in [0.4, 0.5) is 4.39 Å². The van der Waals surface area contributed by atoms with E-state index in [-0.39, 0.29) is 32.4 Å². The molecule has 8 heteroatoms. The minimum Gasteiger partial charge on any atom is -0.297 e. The molecule has 1 aromatic carbocycles. The largest absolute Gasteiger partial charge is 0.334 e. The lowest BCUT2D eigenvalue weighted by molar-refractivity contribution is 0.628. The maximum absolute atomic E-state index is 13.4. The normalized spacial score (nSPS) is 11.2. The van der Waals surface area contributed by atoms with Gasteiger partial charge in [0.05, 0.1) is 21.3 Å². The van der Waals surface area contributed by atoms with Crippen molar-refractivity contribution < 1.29 is 4.39 Å². The first kappa shape index (κ1) is 16.1. The Balaban J connectivity index is 2.85. The molecule has 0 saturated heterocycles. The van der Waals surface area contributed by atoms with E-state index in [1.165, 1.54) is 0 Å². The monoisotopic (exact) mass is 350 g/mol. The molecule has 0 spiro atoms. The molecule has 1 aromatic heterocycles. The average molecular weight is 352 g/mol. The van der Waals surface area contributed by atoms with E-state index in [0.717, 1.165) is 16.7 Å². The van der Waals surface area contributed by atoms with Gasteiger partial charge in [-0.1, -0.05) is 48.7 Å². The van der Waals surface area contributed by atoms with Gasteiger partial charge in [-0.05, 0) is 18.1 Å². The molecule has 1 heterocycles. The first-order chi connectivity index (χ1) is 9.73. The Morgan fingerprint density at radius 3 is 2.14 bits per heavy atom. The lowest BCUT2D eigenvalue weighted by Crippen LogP contribution is -2.36. The maximum Gasteiger partial charge on any atom is 0.334 e. The molecule has 0 bridgehead atoms. The van der Waals surface area contributed by atoms with Gasteiger partial charge < -0.3 is 0 Å². The number of nitrogens with one attached hydrogen (secondary N) is 1. The fourth-order valence-electron chi connectivity index (χ4n) is 1.93. The van der Waals surface area contributed by atoms with Crippen LogP contribution in [0.15, 0.2) is 21.7 Å². The van der Waals surface area contributed by atoms with E-state index in [1.54, 1.807) is 13.8 Å². The van der Waals surface area contributed by atoms with Crippen LogP contribution in [0.5, 0.6) is 0 Å². The highest BCUT2D eigenvalue weighted by atomic mass is 35.5. The number of hydrogen-bond donors (Lipinski definition) is 1. The lowest BCUT2D eigenvalue weighted by atomic mass is 10.1. The van der Waals surface area contributed by atoms with Crippen molar-refractivity contribution >= 4 is 34.8 Å². The average Bonchev–Trinajstić information content (AvgIpc) is 2.34. The standard InChI is InChI=1S/C13H10Cl3FN2O2/c1-5(2)9-11(16)18-13(21)19(12(9)20)6-3-7(14)10(17)8(15)4-6/h3-5H,1-2H3,(H,18,21). The lowest BCUT2D eigenvalue weighted by Gasteiger charge is -2.12. The third-order valence-corrected chi connectivity index (χ3v) is 3.74. The third kappa shape index (κ3) is 2.86. The van der Waals surface area contributed by atoms with Gasteiger partial charge in [-0.2, -0.15) is 0 Å². The number of aromatic amines is 1. The molecule has 0 unspecified atom stereocenters. The number of rotatable bonds is 2. The molecule has 0 fully saturated rings. The van der Waals surface area contributed by atoms with Crippen molar-refractivity contribution in [1.82, 2.24) is 9.55 Å². The van der Waals surface area contributed by atoms with Crippen molar-refractivity contribution in [3.8, 4) is 5.69 Å². The molecule has 0 amide bonds. The van der Waals surface area contributed by atoms with E-state index in [0.29, 0.717) is 0 Å². The molecular weight excluding hydrogens is 342 g/mol. The zero-order valence-electron chi connectivity index (χ0n) is 11.0. The van der Waals surface area contributed by atoms with Crippen LogP contribution < -0.4 is 11.2 Å². The van der Waals surface area contributed by atoms with E-state index in [9.17, 15) is 14.0 Å². The second kappa shape index (κ2) is 5.83. The first-order valence-electron chi connectivity index (χ1n) is 5.93. The van der Waals surface area contributed by atoms with Gasteiger partial charge in [0, 0.05) is 0 Å². The van der Waals surface area contributed by atoms with Crippen LogP contribution in [0, 0.1) is 5.82 Å². The number of aromatic nitrogens is 2. The summed E-state index contributed by atoms with van der Waals surface area (Å²) in [7, 11) is 0. The van der Waals surface area contributed by atoms with Gasteiger partial charge in [0.15, 0.2) is 5.82 Å². The van der Waals surface area contributed by atoms with Crippen molar-refractivity contribution in [2.24, 2.45) is 0 Å². The summed E-state index contributed by atoms with van der Waals surface area (Å²) in [6.45, 7) is 3.52. The Labute approximate surface area is 134 Å². The Bertz CT molecular complexity index is 804. The molecule has 4 nitrogen and oxygen atoms in total. The molecule has 0 radical (unpaired) electrons. The van der Waals surface area contributed by atoms with E-state index < -0.39 is 17.1 Å². The molecule has 112 valence electrons. The summed E-state index contributed by atoms with van der Waals surface area (Å²) >= 11 is 17.3. The summed E-state index contributed by atoms with van der Waals surface area (Å²) in [6, 6.07) is 2.30. The molecule has 2 aromatic rings. The highest BCUT2D eigenvalue weighted by Gasteiger charge is 2.18. The summed E-state index contributed by atoms with van der Waals surface area (Å²) in [5.41, 5.74) is -1.05. The molecule has 0 aliphatic heterocycles. The SMILES string of the molecule is CC(C)c1c(Cl)[nH]c(=O)n(-c2cc(Cl)c(F)c(Cl)c2)c1=O. The minimum absolute atomic E-state index is 0.0180. The third-order valence-electron chi connectivity index (χ3n) is 2.89. The number of nitrogens with zero attached hydrogens (tertiary/aromatic N) is 1. The van der Waals surface area contributed by atoms with Crippen molar-refractivity contribution in [3.05, 3.63) is 59.5 Å². The van der Waals surface area contributed by atoms with Gasteiger partial charge in [0.1, 0.15) is 5.15 Å². The number of halogens is 4. The zero-order chi connectivity index (χ0) is 15.9. The van der Waals surface area contributed by atoms with Crippen molar-refractivity contribution in [2.45, 2.75) is 19.8 Å². The molecule has 0 aliphatic rings.